The van der Waals surface area contributed by atoms with E-state index in [2.05, 4.69) is 5.32 Å². The lowest BCUT2D eigenvalue weighted by atomic mass is 9.98. The zero-order valence-electron chi connectivity index (χ0n) is 11.0. The van der Waals surface area contributed by atoms with Crippen molar-refractivity contribution in [3.63, 3.8) is 0 Å². The van der Waals surface area contributed by atoms with Gasteiger partial charge in [-0.2, -0.15) is 0 Å². The molecule has 0 amide bonds. The van der Waals surface area contributed by atoms with Crippen LogP contribution in [0.15, 0.2) is 24.3 Å². The Morgan fingerprint density at radius 3 is 2.47 bits per heavy atom. The zero-order valence-corrected chi connectivity index (χ0v) is 11.0. The fourth-order valence-corrected chi connectivity index (χ4v) is 1.85. The smallest absolute Gasteiger partial charge is 0.305 e. The van der Waals surface area contributed by atoms with E-state index >= 15 is 0 Å². The molecule has 1 aromatic carbocycles. The number of aryl methyl sites for hydroxylation is 1. The number of aliphatic hydroxyl groups excluding tert-OH is 2. The van der Waals surface area contributed by atoms with E-state index < -0.39 is 18.1 Å². The summed E-state index contributed by atoms with van der Waals surface area (Å²) >= 11 is 0. The topological polar surface area (TPSA) is 89.8 Å². The Morgan fingerprint density at radius 1 is 1.32 bits per heavy atom. The van der Waals surface area contributed by atoms with Crippen LogP contribution in [0.1, 0.15) is 30.1 Å². The van der Waals surface area contributed by atoms with E-state index in [-0.39, 0.29) is 13.0 Å². The number of nitrogens with one attached hydrogen (secondary N) is 1. The van der Waals surface area contributed by atoms with Gasteiger partial charge in [0.1, 0.15) is 0 Å². The molecule has 0 aliphatic rings. The van der Waals surface area contributed by atoms with Gasteiger partial charge in [-0.05, 0) is 25.5 Å². The third kappa shape index (κ3) is 5.38. The number of carboxylic acids is 1. The summed E-state index contributed by atoms with van der Waals surface area (Å²) in [5.41, 5.74) is 1.77. The van der Waals surface area contributed by atoms with Crippen LogP contribution in [0.5, 0.6) is 0 Å². The lowest BCUT2D eigenvalue weighted by molar-refractivity contribution is -0.138. The van der Waals surface area contributed by atoms with Crippen molar-refractivity contribution in [3.8, 4) is 0 Å². The quantitative estimate of drug-likeness (QED) is 0.524. The van der Waals surface area contributed by atoms with Gasteiger partial charge in [0.15, 0.2) is 0 Å². The second-order valence-corrected chi connectivity index (χ2v) is 4.59. The average molecular weight is 267 g/mol. The summed E-state index contributed by atoms with van der Waals surface area (Å²) in [6.45, 7) is 2.45. The summed E-state index contributed by atoms with van der Waals surface area (Å²) < 4.78 is 0. The number of carboxylic acid groups (broad SMARTS) is 1. The molecule has 5 heteroatoms. The highest BCUT2D eigenvalue weighted by Crippen LogP contribution is 2.19. The molecule has 19 heavy (non-hydrogen) atoms. The van der Waals surface area contributed by atoms with Crippen molar-refractivity contribution in [2.75, 3.05) is 13.2 Å². The van der Waals surface area contributed by atoms with Crippen LogP contribution in [0.25, 0.3) is 0 Å². The minimum absolute atomic E-state index is 0.0351. The lowest BCUT2D eigenvalue weighted by Gasteiger charge is -2.23. The summed E-state index contributed by atoms with van der Waals surface area (Å²) in [6.07, 6.45) is -0.521. The normalized spacial score (nSPS) is 14.1. The molecule has 0 radical (unpaired) electrons. The number of hydrogen-bond donors (Lipinski definition) is 4. The summed E-state index contributed by atoms with van der Waals surface area (Å²) in [4.78, 5) is 10.8. The largest absolute Gasteiger partial charge is 0.481 e. The van der Waals surface area contributed by atoms with Crippen molar-refractivity contribution in [2.24, 2.45) is 0 Å². The lowest BCUT2D eigenvalue weighted by Crippen LogP contribution is -2.37. The number of carbonyl (C=O) groups is 1. The number of aliphatic hydroxyl groups is 2. The predicted molar refractivity (Wildman–Crippen MR) is 71.9 cm³/mol. The molecule has 0 saturated heterocycles. The second kappa shape index (κ2) is 7.89. The minimum atomic E-state index is -0.965. The first-order valence-corrected chi connectivity index (χ1v) is 6.35. The Hall–Kier alpha value is -1.43. The molecule has 5 nitrogen and oxygen atoms in total. The van der Waals surface area contributed by atoms with E-state index in [1.807, 2.05) is 19.1 Å². The van der Waals surface area contributed by atoms with Crippen molar-refractivity contribution in [2.45, 2.75) is 31.9 Å². The number of benzene rings is 1. The van der Waals surface area contributed by atoms with E-state index in [1.54, 1.807) is 12.1 Å². The van der Waals surface area contributed by atoms with Crippen LogP contribution in [0.2, 0.25) is 0 Å². The Bertz CT molecular complexity index is 391. The van der Waals surface area contributed by atoms with Crippen LogP contribution in [-0.2, 0) is 4.79 Å². The molecule has 0 aliphatic heterocycles. The highest BCUT2D eigenvalue weighted by atomic mass is 16.4. The molecule has 2 atom stereocenters. The zero-order chi connectivity index (χ0) is 14.3. The van der Waals surface area contributed by atoms with Gasteiger partial charge in [-0.3, -0.25) is 4.79 Å². The van der Waals surface area contributed by atoms with Gasteiger partial charge in [0, 0.05) is 12.6 Å². The van der Waals surface area contributed by atoms with Crippen LogP contribution >= 0.6 is 0 Å². The Morgan fingerprint density at radius 2 is 1.95 bits per heavy atom. The van der Waals surface area contributed by atoms with Crippen LogP contribution in [0.4, 0.5) is 0 Å². The van der Waals surface area contributed by atoms with Crippen molar-refractivity contribution in [3.05, 3.63) is 35.4 Å². The molecule has 106 valence electrons. The third-order valence-corrected chi connectivity index (χ3v) is 2.94. The van der Waals surface area contributed by atoms with E-state index in [1.165, 1.54) is 0 Å². The monoisotopic (exact) mass is 267 g/mol. The van der Waals surface area contributed by atoms with Crippen LogP contribution in [0.3, 0.4) is 0 Å². The second-order valence-electron chi connectivity index (χ2n) is 4.59. The summed E-state index contributed by atoms with van der Waals surface area (Å²) in [6, 6.07) is 6.78. The molecule has 0 fully saturated rings. The van der Waals surface area contributed by atoms with Gasteiger partial charge >= 0.3 is 5.97 Å². The molecule has 4 N–H and O–H groups in total. The Labute approximate surface area is 112 Å². The van der Waals surface area contributed by atoms with Gasteiger partial charge in [0.25, 0.3) is 0 Å². The fraction of sp³-hybridized carbons (Fsp3) is 0.500. The molecule has 0 heterocycles. The van der Waals surface area contributed by atoms with Gasteiger partial charge in [0.05, 0.1) is 12.5 Å². The van der Waals surface area contributed by atoms with E-state index in [9.17, 15) is 9.90 Å². The molecule has 0 aromatic heterocycles. The predicted octanol–water partition coefficient (Wildman–Crippen LogP) is 0.844. The number of aliphatic carboxylic acids is 1. The number of rotatable bonds is 8. The molecule has 0 aliphatic carbocycles. The molecule has 0 saturated carbocycles. The Balaban J connectivity index is 2.71. The van der Waals surface area contributed by atoms with Crippen LogP contribution < -0.4 is 5.32 Å². The fourth-order valence-electron chi connectivity index (χ4n) is 1.85. The minimum Gasteiger partial charge on any atom is -0.481 e. The van der Waals surface area contributed by atoms with E-state index in [4.69, 9.17) is 10.2 Å². The third-order valence-electron chi connectivity index (χ3n) is 2.94. The SMILES string of the molecule is Cc1ccc(C(O)C(CC(=O)O)NCCCO)cc1. The first kappa shape index (κ1) is 15.6. The number of hydrogen-bond acceptors (Lipinski definition) is 4. The molecule has 2 unspecified atom stereocenters. The van der Waals surface area contributed by atoms with Gasteiger partial charge in [0.2, 0.25) is 0 Å². The molecule has 0 spiro atoms. The van der Waals surface area contributed by atoms with Crippen LogP contribution in [0, 0.1) is 6.92 Å². The molecule has 1 rings (SSSR count). The first-order valence-electron chi connectivity index (χ1n) is 6.35. The maximum atomic E-state index is 10.8. The molecular weight excluding hydrogens is 246 g/mol. The molecule has 1 aromatic rings. The van der Waals surface area contributed by atoms with Crippen molar-refractivity contribution >= 4 is 5.97 Å². The van der Waals surface area contributed by atoms with Crippen molar-refractivity contribution in [1.82, 2.24) is 5.32 Å². The summed E-state index contributed by atoms with van der Waals surface area (Å²) in [5.74, 6) is -0.965. The maximum absolute atomic E-state index is 10.8. The van der Waals surface area contributed by atoms with Crippen molar-refractivity contribution < 1.29 is 20.1 Å². The van der Waals surface area contributed by atoms with Gasteiger partial charge in [-0.15, -0.1) is 0 Å². The first-order chi connectivity index (χ1) is 9.04. The van der Waals surface area contributed by atoms with Crippen molar-refractivity contribution in [1.29, 1.82) is 0 Å². The highest BCUT2D eigenvalue weighted by molar-refractivity contribution is 5.67. The summed E-state index contributed by atoms with van der Waals surface area (Å²) in [5, 5.41) is 30.8. The van der Waals surface area contributed by atoms with Gasteiger partial charge in [-0.1, -0.05) is 29.8 Å². The van der Waals surface area contributed by atoms with E-state index in [0.717, 1.165) is 5.56 Å². The van der Waals surface area contributed by atoms with Gasteiger partial charge in [-0.25, -0.2) is 0 Å². The standard InChI is InChI=1S/C14H21NO4/c1-10-3-5-11(6-4-10)14(19)12(9-13(17)18)15-7-2-8-16/h3-6,12,14-16,19H,2,7-9H2,1H3,(H,17,18). The highest BCUT2D eigenvalue weighted by Gasteiger charge is 2.22. The molecule has 0 bridgehead atoms. The maximum Gasteiger partial charge on any atom is 0.305 e. The van der Waals surface area contributed by atoms with E-state index in [0.29, 0.717) is 18.5 Å². The molecular formula is C14H21NO4. The summed E-state index contributed by atoms with van der Waals surface area (Å²) in [7, 11) is 0. The van der Waals surface area contributed by atoms with Gasteiger partial charge < -0.3 is 20.6 Å². The average Bonchev–Trinajstić information content (AvgIpc) is 2.37. The Kier molecular flexibility index (Phi) is 6.49. The van der Waals surface area contributed by atoms with Crippen LogP contribution in [-0.4, -0.2) is 40.5 Å².